The molecule has 0 aliphatic heterocycles. The zero-order valence-electron chi connectivity index (χ0n) is 10.8. The van der Waals surface area contributed by atoms with Crippen molar-refractivity contribution in [1.29, 1.82) is 0 Å². The molecule has 0 aromatic carbocycles. The van der Waals surface area contributed by atoms with E-state index in [-0.39, 0.29) is 0 Å². The van der Waals surface area contributed by atoms with Crippen LogP contribution in [0.3, 0.4) is 0 Å². The highest BCUT2D eigenvalue weighted by Crippen LogP contribution is 2.26. The molecule has 0 amide bonds. The second-order valence-electron chi connectivity index (χ2n) is 4.83. The average molecular weight is 233 g/mol. The Balaban J connectivity index is 2.40. The lowest BCUT2D eigenvalue weighted by atomic mass is 10.2. The first-order valence-electron chi connectivity index (χ1n) is 5.80. The van der Waals surface area contributed by atoms with Crippen LogP contribution in [0.5, 0.6) is 0 Å². The highest BCUT2D eigenvalue weighted by atomic mass is 15.3. The van der Waals surface area contributed by atoms with Crippen molar-refractivity contribution in [2.24, 2.45) is 13.0 Å². The molecule has 2 aromatic heterocycles. The van der Waals surface area contributed by atoms with Gasteiger partial charge in [0.25, 0.3) is 0 Å². The molecule has 0 fully saturated rings. The van der Waals surface area contributed by atoms with Gasteiger partial charge in [-0.05, 0) is 12.8 Å². The standard InChI is InChI=1S/C12H19N5/c1-8(2)5-17-7-14-11(12(17)13)10-6-16(4)15-9(10)3/h6-8H,5,13H2,1-4H3. The van der Waals surface area contributed by atoms with Crippen molar-refractivity contribution < 1.29 is 0 Å². The van der Waals surface area contributed by atoms with Crippen LogP contribution < -0.4 is 5.73 Å². The quantitative estimate of drug-likeness (QED) is 0.879. The zero-order chi connectivity index (χ0) is 12.6. The van der Waals surface area contributed by atoms with Gasteiger partial charge in [0, 0.05) is 25.4 Å². The van der Waals surface area contributed by atoms with E-state index in [0.717, 1.165) is 29.3 Å². The van der Waals surface area contributed by atoms with Gasteiger partial charge in [0.15, 0.2) is 0 Å². The van der Waals surface area contributed by atoms with Gasteiger partial charge in [-0.15, -0.1) is 0 Å². The maximum absolute atomic E-state index is 6.13. The summed E-state index contributed by atoms with van der Waals surface area (Å²) in [4.78, 5) is 4.40. The SMILES string of the molecule is Cc1nn(C)cc1-c1ncn(CC(C)C)c1N. The molecule has 2 rings (SSSR count). The molecule has 2 N–H and O–H groups in total. The number of rotatable bonds is 3. The van der Waals surface area contributed by atoms with E-state index < -0.39 is 0 Å². The molecular formula is C12H19N5. The normalized spacial score (nSPS) is 11.4. The highest BCUT2D eigenvalue weighted by Gasteiger charge is 2.14. The van der Waals surface area contributed by atoms with Gasteiger partial charge >= 0.3 is 0 Å². The number of nitrogens with zero attached hydrogens (tertiary/aromatic N) is 4. The first-order valence-corrected chi connectivity index (χ1v) is 5.80. The Labute approximate surface area is 101 Å². The lowest BCUT2D eigenvalue weighted by molar-refractivity contribution is 0.527. The van der Waals surface area contributed by atoms with Crippen LogP contribution in [-0.2, 0) is 13.6 Å². The molecule has 2 heterocycles. The second-order valence-corrected chi connectivity index (χ2v) is 4.83. The predicted molar refractivity (Wildman–Crippen MR) is 68.4 cm³/mol. The van der Waals surface area contributed by atoms with Crippen LogP contribution in [-0.4, -0.2) is 19.3 Å². The second kappa shape index (κ2) is 4.24. The Kier molecular flexibility index (Phi) is 2.92. The third kappa shape index (κ3) is 2.18. The molecule has 0 aliphatic rings. The minimum absolute atomic E-state index is 0.550. The molecule has 0 saturated carbocycles. The fraction of sp³-hybridized carbons (Fsp3) is 0.500. The van der Waals surface area contributed by atoms with E-state index in [4.69, 9.17) is 5.73 Å². The lowest BCUT2D eigenvalue weighted by Gasteiger charge is -2.07. The minimum Gasteiger partial charge on any atom is -0.383 e. The van der Waals surface area contributed by atoms with Crippen molar-refractivity contribution in [3.8, 4) is 11.3 Å². The number of hydrogen-bond donors (Lipinski definition) is 1. The Hall–Kier alpha value is -1.78. The van der Waals surface area contributed by atoms with Crippen molar-refractivity contribution >= 4 is 5.82 Å². The molecule has 2 aromatic rings. The van der Waals surface area contributed by atoms with Gasteiger partial charge in [-0.25, -0.2) is 4.98 Å². The third-order valence-electron chi connectivity index (χ3n) is 2.71. The van der Waals surface area contributed by atoms with Crippen molar-refractivity contribution in [2.75, 3.05) is 5.73 Å². The minimum atomic E-state index is 0.550. The maximum Gasteiger partial charge on any atom is 0.131 e. The van der Waals surface area contributed by atoms with Crippen molar-refractivity contribution in [3.05, 3.63) is 18.2 Å². The number of imidazole rings is 1. The molecule has 0 aliphatic carbocycles. The van der Waals surface area contributed by atoms with Crippen LogP contribution in [0.2, 0.25) is 0 Å². The van der Waals surface area contributed by atoms with Gasteiger partial charge in [0.05, 0.1) is 12.0 Å². The van der Waals surface area contributed by atoms with E-state index in [1.807, 2.05) is 24.7 Å². The monoisotopic (exact) mass is 233 g/mol. The van der Waals surface area contributed by atoms with Gasteiger partial charge < -0.3 is 10.3 Å². The molecule has 0 atom stereocenters. The largest absolute Gasteiger partial charge is 0.383 e. The van der Waals surface area contributed by atoms with Crippen molar-refractivity contribution in [1.82, 2.24) is 19.3 Å². The van der Waals surface area contributed by atoms with Gasteiger partial charge in [0.2, 0.25) is 0 Å². The number of aryl methyl sites for hydroxylation is 2. The summed E-state index contributed by atoms with van der Waals surface area (Å²) in [6.45, 7) is 7.18. The first-order chi connectivity index (χ1) is 7.99. The molecule has 0 bridgehead atoms. The molecular weight excluding hydrogens is 214 g/mol. The first kappa shape index (κ1) is 11.7. The maximum atomic E-state index is 6.13. The van der Waals surface area contributed by atoms with E-state index in [1.165, 1.54) is 0 Å². The van der Waals surface area contributed by atoms with Gasteiger partial charge in [0.1, 0.15) is 11.5 Å². The summed E-state index contributed by atoms with van der Waals surface area (Å²) in [5, 5.41) is 4.31. The van der Waals surface area contributed by atoms with E-state index in [2.05, 4.69) is 23.9 Å². The number of anilines is 1. The summed E-state index contributed by atoms with van der Waals surface area (Å²) in [6, 6.07) is 0. The Morgan fingerprint density at radius 1 is 1.41 bits per heavy atom. The van der Waals surface area contributed by atoms with Crippen LogP contribution in [0, 0.1) is 12.8 Å². The molecule has 92 valence electrons. The number of nitrogen functional groups attached to an aromatic ring is 1. The van der Waals surface area contributed by atoms with E-state index in [1.54, 1.807) is 11.0 Å². The van der Waals surface area contributed by atoms with Crippen LogP contribution >= 0.6 is 0 Å². The molecule has 0 radical (unpaired) electrons. The molecule has 5 nitrogen and oxygen atoms in total. The smallest absolute Gasteiger partial charge is 0.131 e. The van der Waals surface area contributed by atoms with E-state index in [9.17, 15) is 0 Å². The molecule has 0 spiro atoms. The predicted octanol–water partition coefficient (Wildman–Crippen LogP) is 1.83. The summed E-state index contributed by atoms with van der Waals surface area (Å²) >= 11 is 0. The van der Waals surface area contributed by atoms with Crippen molar-refractivity contribution in [3.63, 3.8) is 0 Å². The number of hydrogen-bond acceptors (Lipinski definition) is 3. The Morgan fingerprint density at radius 2 is 2.12 bits per heavy atom. The van der Waals surface area contributed by atoms with Crippen LogP contribution in [0.15, 0.2) is 12.5 Å². The van der Waals surface area contributed by atoms with Gasteiger partial charge in [-0.2, -0.15) is 5.10 Å². The highest BCUT2D eigenvalue weighted by molar-refractivity contribution is 5.71. The van der Waals surface area contributed by atoms with E-state index >= 15 is 0 Å². The summed E-state index contributed by atoms with van der Waals surface area (Å²) in [7, 11) is 1.90. The average Bonchev–Trinajstić information content (AvgIpc) is 2.71. The van der Waals surface area contributed by atoms with Crippen LogP contribution in [0.4, 0.5) is 5.82 Å². The molecule has 0 saturated heterocycles. The van der Waals surface area contributed by atoms with Gasteiger partial charge in [-0.3, -0.25) is 4.68 Å². The fourth-order valence-corrected chi connectivity index (χ4v) is 1.97. The zero-order valence-corrected chi connectivity index (χ0v) is 10.8. The molecule has 17 heavy (non-hydrogen) atoms. The Bertz CT molecular complexity index is 521. The third-order valence-corrected chi connectivity index (χ3v) is 2.71. The number of nitrogens with two attached hydrogens (primary N) is 1. The van der Waals surface area contributed by atoms with Crippen LogP contribution in [0.1, 0.15) is 19.5 Å². The van der Waals surface area contributed by atoms with Crippen molar-refractivity contribution in [2.45, 2.75) is 27.3 Å². The summed E-state index contributed by atoms with van der Waals surface area (Å²) in [6.07, 6.45) is 3.75. The molecule has 5 heteroatoms. The molecule has 0 unspecified atom stereocenters. The van der Waals surface area contributed by atoms with Gasteiger partial charge in [-0.1, -0.05) is 13.8 Å². The topological polar surface area (TPSA) is 61.7 Å². The summed E-state index contributed by atoms with van der Waals surface area (Å²) < 4.78 is 3.78. The number of aromatic nitrogens is 4. The fourth-order valence-electron chi connectivity index (χ4n) is 1.97. The van der Waals surface area contributed by atoms with Crippen LogP contribution in [0.25, 0.3) is 11.3 Å². The summed E-state index contributed by atoms with van der Waals surface area (Å²) in [5.41, 5.74) is 8.91. The lowest BCUT2D eigenvalue weighted by Crippen LogP contribution is -2.06. The Morgan fingerprint density at radius 3 is 2.65 bits per heavy atom. The summed E-state index contributed by atoms with van der Waals surface area (Å²) in [5.74, 6) is 1.27. The van der Waals surface area contributed by atoms with E-state index in [0.29, 0.717) is 5.92 Å².